The summed E-state index contributed by atoms with van der Waals surface area (Å²) in [5.41, 5.74) is 3.92. The van der Waals surface area contributed by atoms with Crippen molar-refractivity contribution in [3.8, 4) is 0 Å². The topological polar surface area (TPSA) is 82.5 Å². The number of carbonyl (C=O) groups is 2. The zero-order valence-electron chi connectivity index (χ0n) is 17.3. The van der Waals surface area contributed by atoms with Gasteiger partial charge < -0.3 is 15.3 Å². The summed E-state index contributed by atoms with van der Waals surface area (Å²) in [5.74, 6) is -0.337. The quantitative estimate of drug-likeness (QED) is 0.771. The third-order valence-corrected chi connectivity index (χ3v) is 7.02. The van der Waals surface area contributed by atoms with Crippen LogP contribution in [-0.2, 0) is 22.4 Å². The molecule has 1 saturated heterocycles. The Bertz CT molecular complexity index is 1040. The maximum atomic E-state index is 13.9. The molecular formula is C24H26FN3O3. The number of anilines is 1. The number of carboxylic acids is 1. The van der Waals surface area contributed by atoms with Gasteiger partial charge in [0.05, 0.1) is 6.42 Å². The number of nitrogens with zero attached hydrogens (tertiary/aromatic N) is 2. The van der Waals surface area contributed by atoms with Gasteiger partial charge in [-0.15, -0.1) is 0 Å². The second-order valence-electron chi connectivity index (χ2n) is 8.89. The lowest BCUT2D eigenvalue weighted by Crippen LogP contribution is -2.30. The van der Waals surface area contributed by atoms with Crippen LogP contribution in [0, 0.1) is 11.7 Å². The summed E-state index contributed by atoms with van der Waals surface area (Å²) < 4.78 is 13.9. The Morgan fingerprint density at radius 2 is 2.06 bits per heavy atom. The number of nitrogens with one attached hydrogen (secondary N) is 1. The first-order valence-electron chi connectivity index (χ1n) is 11.0. The highest BCUT2D eigenvalue weighted by Gasteiger charge is 2.47. The van der Waals surface area contributed by atoms with E-state index in [0.717, 1.165) is 42.0 Å². The average Bonchev–Trinajstić information content (AvgIpc) is 3.31. The highest BCUT2D eigenvalue weighted by atomic mass is 19.1. The number of benzene rings is 1. The number of hydrogen-bond acceptors (Lipinski definition) is 4. The summed E-state index contributed by atoms with van der Waals surface area (Å²) in [4.78, 5) is 30.9. The smallest absolute Gasteiger partial charge is 0.303 e. The number of hydrogen-bond donors (Lipinski definition) is 2. The predicted molar refractivity (Wildman–Crippen MR) is 114 cm³/mol. The van der Waals surface area contributed by atoms with Gasteiger partial charge in [-0.1, -0.05) is 12.1 Å². The minimum atomic E-state index is -0.863. The molecule has 2 unspecified atom stereocenters. The summed E-state index contributed by atoms with van der Waals surface area (Å²) in [6.45, 7) is 1.98. The molecule has 0 spiro atoms. The lowest BCUT2D eigenvalue weighted by Gasteiger charge is -2.21. The van der Waals surface area contributed by atoms with Crippen molar-refractivity contribution in [2.24, 2.45) is 5.92 Å². The Hall–Kier alpha value is -2.96. The van der Waals surface area contributed by atoms with E-state index in [1.807, 2.05) is 11.0 Å². The van der Waals surface area contributed by atoms with Gasteiger partial charge in [-0.05, 0) is 66.0 Å². The van der Waals surface area contributed by atoms with Crippen LogP contribution < -0.4 is 5.32 Å². The van der Waals surface area contributed by atoms with Crippen LogP contribution in [0.15, 0.2) is 30.3 Å². The first kappa shape index (κ1) is 20.0. The van der Waals surface area contributed by atoms with Crippen LogP contribution in [0.4, 0.5) is 10.2 Å². The molecule has 1 fully saturated rings. The van der Waals surface area contributed by atoms with Gasteiger partial charge in [-0.3, -0.25) is 9.59 Å². The summed E-state index contributed by atoms with van der Waals surface area (Å²) >= 11 is 0. The normalized spacial score (nSPS) is 23.6. The molecule has 2 N–H and O–H groups in total. The van der Waals surface area contributed by atoms with Gasteiger partial charge in [-0.2, -0.15) is 0 Å². The van der Waals surface area contributed by atoms with Gasteiger partial charge >= 0.3 is 5.97 Å². The second-order valence-corrected chi connectivity index (χ2v) is 8.89. The summed E-state index contributed by atoms with van der Waals surface area (Å²) in [5, 5.41) is 12.7. The lowest BCUT2D eigenvalue weighted by molar-refractivity contribution is -0.137. The predicted octanol–water partition coefficient (Wildman–Crippen LogP) is 3.33. The number of pyridine rings is 1. The minimum Gasteiger partial charge on any atom is -0.481 e. The number of likely N-dealkylation sites (tertiary alicyclic amines) is 1. The highest BCUT2D eigenvalue weighted by molar-refractivity contribution is 5.77. The molecular weight excluding hydrogens is 397 g/mol. The molecule has 0 bridgehead atoms. The molecule has 0 radical (unpaired) electrons. The van der Waals surface area contributed by atoms with Crippen LogP contribution in [0.25, 0.3) is 0 Å². The molecule has 0 saturated carbocycles. The molecule has 5 rings (SSSR count). The van der Waals surface area contributed by atoms with Crippen LogP contribution >= 0.6 is 0 Å². The van der Waals surface area contributed by atoms with E-state index in [-0.39, 0.29) is 35.9 Å². The van der Waals surface area contributed by atoms with Gasteiger partial charge in [0.15, 0.2) is 0 Å². The van der Waals surface area contributed by atoms with E-state index in [1.165, 1.54) is 17.7 Å². The monoisotopic (exact) mass is 423 g/mol. The summed E-state index contributed by atoms with van der Waals surface area (Å²) in [6.07, 6.45) is 3.09. The van der Waals surface area contributed by atoms with Crippen molar-refractivity contribution >= 4 is 17.7 Å². The molecule has 3 aliphatic rings. The third-order valence-electron chi connectivity index (χ3n) is 7.02. The first-order chi connectivity index (χ1) is 15.0. The van der Waals surface area contributed by atoms with Crippen molar-refractivity contribution in [2.75, 3.05) is 25.0 Å². The molecule has 7 heteroatoms. The van der Waals surface area contributed by atoms with Crippen molar-refractivity contribution in [3.63, 3.8) is 0 Å². The van der Waals surface area contributed by atoms with E-state index >= 15 is 0 Å². The molecule has 162 valence electrons. The van der Waals surface area contributed by atoms with Crippen LogP contribution in [-0.4, -0.2) is 46.5 Å². The fraction of sp³-hybridized carbons (Fsp3) is 0.458. The Labute approximate surface area is 180 Å². The van der Waals surface area contributed by atoms with Gasteiger partial charge in [0.25, 0.3) is 0 Å². The van der Waals surface area contributed by atoms with Gasteiger partial charge in [0.2, 0.25) is 5.91 Å². The van der Waals surface area contributed by atoms with Gasteiger partial charge in [-0.25, -0.2) is 9.37 Å². The summed E-state index contributed by atoms with van der Waals surface area (Å²) in [6, 6.07) is 8.74. The molecule has 1 aromatic heterocycles. The van der Waals surface area contributed by atoms with Crippen molar-refractivity contribution in [2.45, 2.75) is 43.9 Å². The highest BCUT2D eigenvalue weighted by Crippen LogP contribution is 2.52. The van der Waals surface area contributed by atoms with E-state index in [4.69, 9.17) is 0 Å². The maximum absolute atomic E-state index is 13.9. The first-order valence-corrected chi connectivity index (χ1v) is 11.0. The average molecular weight is 423 g/mol. The lowest BCUT2D eigenvalue weighted by atomic mass is 9.87. The Morgan fingerprint density at radius 1 is 1.19 bits per heavy atom. The van der Waals surface area contributed by atoms with Gasteiger partial charge in [0, 0.05) is 37.7 Å². The van der Waals surface area contributed by atoms with Crippen molar-refractivity contribution in [3.05, 3.63) is 58.5 Å². The minimum absolute atomic E-state index is 0.00469. The van der Waals surface area contributed by atoms with Crippen LogP contribution in [0.2, 0.25) is 0 Å². The Kier molecular flexibility index (Phi) is 5.12. The molecule has 2 aromatic rings. The van der Waals surface area contributed by atoms with E-state index in [9.17, 15) is 19.1 Å². The van der Waals surface area contributed by atoms with E-state index in [0.29, 0.717) is 25.9 Å². The Balaban J connectivity index is 1.27. The number of fused-ring (bicyclic) bond motifs is 4. The maximum Gasteiger partial charge on any atom is 0.303 e. The molecule has 6 nitrogen and oxygen atoms in total. The van der Waals surface area contributed by atoms with Crippen LogP contribution in [0.3, 0.4) is 0 Å². The van der Waals surface area contributed by atoms with Crippen LogP contribution in [0.5, 0.6) is 0 Å². The molecule has 31 heavy (non-hydrogen) atoms. The fourth-order valence-electron chi connectivity index (χ4n) is 5.56. The number of aromatic nitrogens is 1. The fourth-order valence-corrected chi connectivity index (χ4v) is 5.56. The number of carboxylic acid groups (broad SMARTS) is 1. The molecule has 3 atom stereocenters. The molecule has 3 heterocycles. The number of aliphatic carboxylic acids is 1. The molecule has 1 aliphatic carbocycles. The largest absolute Gasteiger partial charge is 0.481 e. The molecule has 2 aliphatic heterocycles. The van der Waals surface area contributed by atoms with Crippen LogP contribution in [0.1, 0.15) is 53.5 Å². The summed E-state index contributed by atoms with van der Waals surface area (Å²) in [7, 11) is 0. The number of carbonyl (C=O) groups excluding carboxylic acids is 1. The number of aryl methyl sites for hydroxylation is 2. The molecule has 1 aromatic carbocycles. The van der Waals surface area contributed by atoms with E-state index < -0.39 is 5.97 Å². The van der Waals surface area contributed by atoms with Crippen molar-refractivity contribution in [1.29, 1.82) is 0 Å². The molecule has 1 amide bonds. The standard InChI is InChI=1S/C24H26FN3O3/c25-15-4-7-17-18(10-15)20-12-28(13-21(20)19(17)11-23(30)31)22(29)8-6-16-5-3-14-2-1-9-26-24(14)27-16/h3-5,7,10,19-21H,1-2,6,8-9,11-13H2,(H,26,27)(H,30,31)/t19-,20?,21?/m0/s1. The Morgan fingerprint density at radius 3 is 2.90 bits per heavy atom. The third kappa shape index (κ3) is 3.77. The van der Waals surface area contributed by atoms with Crippen molar-refractivity contribution < 1.29 is 19.1 Å². The SMILES string of the molecule is O=C(O)C[C@H]1c2ccc(F)cc2C2CN(C(=O)CCc3ccc4c(n3)NCCC4)CC21. The van der Waals surface area contributed by atoms with E-state index in [1.54, 1.807) is 6.07 Å². The number of halogens is 1. The zero-order valence-corrected chi connectivity index (χ0v) is 17.3. The second kappa shape index (κ2) is 7.94. The number of rotatable bonds is 5. The van der Waals surface area contributed by atoms with E-state index in [2.05, 4.69) is 16.4 Å². The van der Waals surface area contributed by atoms with Crippen molar-refractivity contribution in [1.82, 2.24) is 9.88 Å². The zero-order chi connectivity index (χ0) is 21.5. The van der Waals surface area contributed by atoms with Gasteiger partial charge in [0.1, 0.15) is 11.6 Å². The number of amides is 1.